The van der Waals surface area contributed by atoms with Gasteiger partial charge in [0.15, 0.2) is 0 Å². The first-order chi connectivity index (χ1) is 6.77. The Balaban J connectivity index is 2.77. The molecule has 0 amide bonds. The molecule has 0 aliphatic heterocycles. The van der Waals surface area contributed by atoms with Crippen LogP contribution in [-0.2, 0) is 4.74 Å². The van der Waals surface area contributed by atoms with Crippen LogP contribution in [0, 0.1) is 0 Å². The van der Waals surface area contributed by atoms with Crippen molar-refractivity contribution in [3.8, 4) is 5.75 Å². The van der Waals surface area contributed by atoms with E-state index in [9.17, 15) is 4.79 Å². The summed E-state index contributed by atoms with van der Waals surface area (Å²) < 4.78 is 9.39. The van der Waals surface area contributed by atoms with Gasteiger partial charge < -0.3 is 14.4 Å². The second-order valence-corrected chi connectivity index (χ2v) is 2.35. The molecule has 73 valence electrons. The minimum absolute atomic E-state index is 0.276. The third-order valence-electron chi connectivity index (χ3n) is 1.41. The molecule has 0 aliphatic carbocycles. The first-order valence-corrected chi connectivity index (χ1v) is 4.02. The Hall–Kier alpha value is -1.56. The summed E-state index contributed by atoms with van der Waals surface area (Å²) in [5, 5.41) is 8.36. The second kappa shape index (κ2) is 5.23. The second-order valence-electron chi connectivity index (χ2n) is 2.35. The molecule has 0 atom stereocenters. The molecule has 0 unspecified atom stereocenters. The minimum atomic E-state index is -0.469. The fourth-order valence-corrected chi connectivity index (χ4v) is 0.870. The topological polar surface area (TPSA) is 68.7 Å². The molecule has 5 nitrogen and oxygen atoms in total. The highest BCUT2D eigenvalue weighted by Gasteiger charge is 2.07. The van der Waals surface area contributed by atoms with Crippen LogP contribution in [0.3, 0.4) is 0 Å². The van der Waals surface area contributed by atoms with Crippen molar-refractivity contribution < 1.29 is 19.2 Å². The number of pyridine rings is 1. The quantitative estimate of drug-likeness (QED) is 0.546. The van der Waals surface area contributed by atoms with E-state index in [1.54, 1.807) is 6.92 Å². The van der Waals surface area contributed by atoms with Crippen molar-refractivity contribution in [1.82, 2.24) is 4.98 Å². The van der Waals surface area contributed by atoms with E-state index in [0.29, 0.717) is 14.3 Å². The van der Waals surface area contributed by atoms with Crippen LogP contribution >= 0.6 is 0 Å². The summed E-state index contributed by atoms with van der Waals surface area (Å²) >= 11 is 0. The lowest BCUT2D eigenvalue weighted by atomic mass is 10.2. The summed E-state index contributed by atoms with van der Waals surface area (Å²) in [7, 11) is 0.520. The Morgan fingerprint density at radius 3 is 3.07 bits per heavy atom. The number of ether oxygens (including phenoxy) is 1. The zero-order chi connectivity index (χ0) is 10.4. The monoisotopic (exact) mass is 194 g/mol. The third kappa shape index (κ3) is 2.74. The van der Waals surface area contributed by atoms with Gasteiger partial charge in [-0.15, -0.1) is 0 Å². The van der Waals surface area contributed by atoms with Crippen LogP contribution in [0.15, 0.2) is 18.5 Å². The summed E-state index contributed by atoms with van der Waals surface area (Å²) in [6, 6.07) is 1.43. The Bertz CT molecular complexity index is 318. The van der Waals surface area contributed by atoms with Crippen molar-refractivity contribution in [2.75, 3.05) is 6.61 Å². The van der Waals surface area contributed by atoms with Crippen LogP contribution in [0.4, 0.5) is 0 Å². The van der Waals surface area contributed by atoms with Gasteiger partial charge in [0.1, 0.15) is 5.75 Å². The van der Waals surface area contributed by atoms with E-state index in [2.05, 4.69) is 9.64 Å². The zero-order valence-corrected chi connectivity index (χ0v) is 7.64. The first-order valence-electron chi connectivity index (χ1n) is 4.02. The number of rotatable bonds is 4. The normalized spacial score (nSPS) is 9.29. The smallest absolute Gasteiger partial charge is 0.536 e. The highest BCUT2D eigenvalue weighted by atomic mass is 16.5. The summed E-state index contributed by atoms with van der Waals surface area (Å²) in [6.45, 7) is 2.02. The lowest BCUT2D eigenvalue weighted by Gasteiger charge is -2.03. The van der Waals surface area contributed by atoms with E-state index in [0.717, 1.165) is 0 Å². The Morgan fingerprint density at radius 1 is 1.64 bits per heavy atom. The number of esters is 1. The first kappa shape index (κ1) is 10.5. The third-order valence-corrected chi connectivity index (χ3v) is 1.41. The Morgan fingerprint density at radius 2 is 2.43 bits per heavy atom. The van der Waals surface area contributed by atoms with E-state index in [-0.39, 0.29) is 11.3 Å². The van der Waals surface area contributed by atoms with Crippen molar-refractivity contribution in [1.29, 1.82) is 0 Å². The van der Waals surface area contributed by atoms with E-state index in [1.165, 1.54) is 18.5 Å². The van der Waals surface area contributed by atoms with Crippen LogP contribution in [0.5, 0.6) is 5.75 Å². The highest BCUT2D eigenvalue weighted by Crippen LogP contribution is 2.11. The van der Waals surface area contributed by atoms with Gasteiger partial charge >= 0.3 is 13.7 Å². The van der Waals surface area contributed by atoms with Crippen LogP contribution < -0.4 is 4.65 Å². The summed E-state index contributed by atoms with van der Waals surface area (Å²) in [4.78, 5) is 15.0. The average molecular weight is 194 g/mol. The standard InChI is InChI=1S/C8H9BNO4/c1-2-13-8(11)6-3-7(14-9-12)5-10-4-6/h3-5,12H,2H2,1H3. The van der Waals surface area contributed by atoms with Crippen LogP contribution in [0.25, 0.3) is 0 Å². The molecule has 0 saturated heterocycles. The van der Waals surface area contributed by atoms with Crippen molar-refractivity contribution in [2.45, 2.75) is 6.92 Å². The van der Waals surface area contributed by atoms with Crippen LogP contribution in [-0.4, -0.2) is 30.3 Å². The van der Waals surface area contributed by atoms with Gasteiger partial charge in [0, 0.05) is 6.20 Å². The highest BCUT2D eigenvalue weighted by molar-refractivity contribution is 6.17. The Kier molecular flexibility index (Phi) is 3.94. The van der Waals surface area contributed by atoms with Gasteiger partial charge in [-0.1, -0.05) is 0 Å². The molecule has 1 N–H and O–H groups in total. The predicted octanol–water partition coefficient (Wildman–Crippen LogP) is 0.164. The van der Waals surface area contributed by atoms with E-state index < -0.39 is 5.97 Å². The predicted molar refractivity (Wildman–Crippen MR) is 48.8 cm³/mol. The molecule has 6 heteroatoms. The molecule has 1 radical (unpaired) electrons. The maximum atomic E-state index is 11.2. The summed E-state index contributed by atoms with van der Waals surface area (Å²) in [5.74, 6) is -0.193. The molecule has 1 heterocycles. The number of carbonyl (C=O) groups is 1. The summed E-state index contributed by atoms with van der Waals surface area (Å²) in [6.07, 6.45) is 2.73. The molecule has 0 fully saturated rings. The SMILES string of the molecule is CCOC(=O)c1cncc(O[B]O)c1. The van der Waals surface area contributed by atoms with Gasteiger partial charge in [0.25, 0.3) is 0 Å². The molecular formula is C8H9BNO4. The molecule has 14 heavy (non-hydrogen) atoms. The summed E-state index contributed by atoms with van der Waals surface area (Å²) in [5.41, 5.74) is 0.284. The van der Waals surface area contributed by atoms with E-state index in [4.69, 9.17) is 9.76 Å². The van der Waals surface area contributed by atoms with Gasteiger partial charge in [0.2, 0.25) is 0 Å². The molecule has 0 saturated carbocycles. The molecule has 0 aliphatic rings. The fourth-order valence-electron chi connectivity index (χ4n) is 0.870. The largest absolute Gasteiger partial charge is 0.569 e. The van der Waals surface area contributed by atoms with Crippen molar-refractivity contribution >= 4 is 13.7 Å². The van der Waals surface area contributed by atoms with E-state index >= 15 is 0 Å². The zero-order valence-electron chi connectivity index (χ0n) is 7.64. The molecule has 0 spiro atoms. The fraction of sp³-hybridized carbons (Fsp3) is 0.250. The molecule has 0 aromatic carbocycles. The van der Waals surface area contributed by atoms with E-state index in [1.807, 2.05) is 0 Å². The maximum Gasteiger partial charge on any atom is 0.569 e. The maximum absolute atomic E-state index is 11.2. The van der Waals surface area contributed by atoms with Crippen molar-refractivity contribution in [3.05, 3.63) is 24.0 Å². The molecular weight excluding hydrogens is 185 g/mol. The van der Waals surface area contributed by atoms with Gasteiger partial charge in [-0.05, 0) is 13.0 Å². The van der Waals surface area contributed by atoms with Crippen LogP contribution in [0.1, 0.15) is 17.3 Å². The number of hydrogen-bond donors (Lipinski definition) is 1. The molecule has 1 aromatic rings. The lowest BCUT2D eigenvalue weighted by molar-refractivity contribution is 0.0525. The molecule has 0 bridgehead atoms. The average Bonchev–Trinajstić information content (AvgIpc) is 2.19. The van der Waals surface area contributed by atoms with Gasteiger partial charge in [-0.3, -0.25) is 4.98 Å². The number of nitrogens with zero attached hydrogens (tertiary/aromatic N) is 1. The number of carbonyl (C=O) groups excluding carboxylic acids is 1. The molecule has 1 aromatic heterocycles. The Labute approximate surface area is 82.0 Å². The van der Waals surface area contributed by atoms with Gasteiger partial charge in [0.05, 0.1) is 18.4 Å². The number of hydrogen-bond acceptors (Lipinski definition) is 5. The van der Waals surface area contributed by atoms with Crippen molar-refractivity contribution in [3.63, 3.8) is 0 Å². The van der Waals surface area contributed by atoms with Crippen LogP contribution in [0.2, 0.25) is 0 Å². The van der Waals surface area contributed by atoms with Gasteiger partial charge in [-0.25, -0.2) is 4.79 Å². The lowest BCUT2D eigenvalue weighted by Crippen LogP contribution is -2.06. The number of aromatic nitrogens is 1. The molecule has 1 rings (SSSR count). The van der Waals surface area contributed by atoms with Crippen molar-refractivity contribution in [2.24, 2.45) is 0 Å². The van der Waals surface area contributed by atoms with Gasteiger partial charge in [-0.2, -0.15) is 0 Å². The minimum Gasteiger partial charge on any atom is -0.536 e.